The van der Waals surface area contributed by atoms with Crippen molar-refractivity contribution in [3.63, 3.8) is 0 Å². The Morgan fingerprint density at radius 1 is 1.50 bits per heavy atom. The van der Waals surface area contributed by atoms with Crippen LogP contribution in [0.15, 0.2) is 29.2 Å². The maximum atomic E-state index is 12.7. The van der Waals surface area contributed by atoms with E-state index in [0.29, 0.717) is 23.7 Å². The smallest absolute Gasteiger partial charge is 0.326 e. The zero-order valence-electron chi connectivity index (χ0n) is 14.6. The number of rotatable bonds is 9. The van der Waals surface area contributed by atoms with Gasteiger partial charge in [0, 0.05) is 0 Å². The molecular formula is C18H21NO4S3. The van der Waals surface area contributed by atoms with Gasteiger partial charge in [0.05, 0.1) is 11.5 Å². The standard InChI is InChI=1S/C18H21NO4S3/c1-3-8-23-13-6-4-5-12(10-13)11-15-16(20)19(18(24)26-15)14(17(21)22)7-9-25-2/h4-6,10-11,14H,3,7-9H2,1-2H3,(H,21,22)/b15-11+/t14-/m1/s1. The van der Waals surface area contributed by atoms with E-state index in [4.69, 9.17) is 17.0 Å². The van der Waals surface area contributed by atoms with Gasteiger partial charge in [-0.2, -0.15) is 11.8 Å². The van der Waals surface area contributed by atoms with Gasteiger partial charge in [0.25, 0.3) is 5.91 Å². The van der Waals surface area contributed by atoms with Crippen LogP contribution >= 0.6 is 35.7 Å². The van der Waals surface area contributed by atoms with Crippen LogP contribution < -0.4 is 4.74 Å². The van der Waals surface area contributed by atoms with Crippen LogP contribution in [-0.4, -0.2) is 50.9 Å². The quantitative estimate of drug-likeness (QED) is 0.488. The van der Waals surface area contributed by atoms with Crippen LogP contribution in [0.3, 0.4) is 0 Å². The topological polar surface area (TPSA) is 66.8 Å². The number of carboxylic acids is 1. The Bertz CT molecular complexity index is 720. The van der Waals surface area contributed by atoms with E-state index in [1.165, 1.54) is 4.90 Å². The summed E-state index contributed by atoms with van der Waals surface area (Å²) < 4.78 is 5.89. The number of hydrogen-bond donors (Lipinski definition) is 1. The van der Waals surface area contributed by atoms with E-state index in [-0.39, 0.29) is 10.2 Å². The fourth-order valence-electron chi connectivity index (χ4n) is 2.41. The van der Waals surface area contributed by atoms with Crippen molar-refractivity contribution in [2.24, 2.45) is 0 Å². The molecule has 0 spiro atoms. The van der Waals surface area contributed by atoms with Gasteiger partial charge in [-0.05, 0) is 48.6 Å². The number of thiocarbonyl (C=S) groups is 1. The van der Waals surface area contributed by atoms with E-state index in [2.05, 4.69) is 0 Å². The van der Waals surface area contributed by atoms with Gasteiger partial charge in [0.1, 0.15) is 16.1 Å². The van der Waals surface area contributed by atoms with Gasteiger partial charge in [-0.25, -0.2) is 4.79 Å². The van der Waals surface area contributed by atoms with Gasteiger partial charge in [-0.3, -0.25) is 9.69 Å². The highest BCUT2D eigenvalue weighted by molar-refractivity contribution is 8.26. The molecule has 1 aliphatic rings. The predicted molar refractivity (Wildman–Crippen MR) is 112 cm³/mol. The Labute approximate surface area is 167 Å². The molecule has 1 aromatic carbocycles. The Morgan fingerprint density at radius 3 is 2.92 bits per heavy atom. The van der Waals surface area contributed by atoms with Crippen molar-refractivity contribution in [3.8, 4) is 5.75 Å². The lowest BCUT2D eigenvalue weighted by molar-refractivity contribution is -0.145. The second-order valence-electron chi connectivity index (χ2n) is 5.61. The van der Waals surface area contributed by atoms with Gasteiger partial charge < -0.3 is 9.84 Å². The zero-order chi connectivity index (χ0) is 19.1. The summed E-state index contributed by atoms with van der Waals surface area (Å²) in [6.45, 7) is 2.66. The average molecular weight is 412 g/mol. The highest BCUT2D eigenvalue weighted by Gasteiger charge is 2.40. The summed E-state index contributed by atoms with van der Waals surface area (Å²) in [5.41, 5.74) is 0.815. The maximum absolute atomic E-state index is 12.7. The summed E-state index contributed by atoms with van der Waals surface area (Å²) in [5, 5.41) is 9.48. The Balaban J connectivity index is 2.21. The van der Waals surface area contributed by atoms with Crippen LogP contribution in [0.25, 0.3) is 6.08 Å². The van der Waals surface area contributed by atoms with Crippen molar-refractivity contribution in [3.05, 3.63) is 34.7 Å². The van der Waals surface area contributed by atoms with E-state index in [1.54, 1.807) is 17.8 Å². The number of aliphatic carboxylic acids is 1. The summed E-state index contributed by atoms with van der Waals surface area (Å²) in [4.78, 5) is 26.0. The molecule has 0 bridgehead atoms. The summed E-state index contributed by atoms with van der Waals surface area (Å²) in [7, 11) is 0. The zero-order valence-corrected chi connectivity index (χ0v) is 17.1. The third kappa shape index (κ3) is 5.25. The third-order valence-corrected chi connectivity index (χ3v) is 5.62. The van der Waals surface area contributed by atoms with Crippen LogP contribution in [0.4, 0.5) is 0 Å². The van der Waals surface area contributed by atoms with Crippen molar-refractivity contribution >= 4 is 58.0 Å². The monoisotopic (exact) mass is 411 g/mol. The fraction of sp³-hybridized carbons (Fsp3) is 0.389. The summed E-state index contributed by atoms with van der Waals surface area (Å²) >= 11 is 7.95. The molecule has 1 amide bonds. The number of amides is 1. The van der Waals surface area contributed by atoms with Crippen LogP contribution in [0.5, 0.6) is 5.75 Å². The second-order valence-corrected chi connectivity index (χ2v) is 8.27. The molecule has 2 rings (SSSR count). The van der Waals surface area contributed by atoms with Crippen molar-refractivity contribution in [1.82, 2.24) is 4.90 Å². The van der Waals surface area contributed by atoms with E-state index < -0.39 is 12.0 Å². The number of ether oxygens (including phenoxy) is 1. The fourth-order valence-corrected chi connectivity index (χ4v) is 4.22. The minimum absolute atomic E-state index is 0.285. The minimum Gasteiger partial charge on any atom is -0.494 e. The maximum Gasteiger partial charge on any atom is 0.326 e. The van der Waals surface area contributed by atoms with Crippen LogP contribution in [-0.2, 0) is 9.59 Å². The first-order valence-electron chi connectivity index (χ1n) is 8.19. The molecule has 8 heteroatoms. The molecule has 1 fully saturated rings. The number of thioether (sulfide) groups is 2. The van der Waals surface area contributed by atoms with Crippen molar-refractivity contribution in [2.75, 3.05) is 18.6 Å². The molecule has 0 aliphatic carbocycles. The minimum atomic E-state index is -1.04. The number of carbonyl (C=O) groups excluding carboxylic acids is 1. The number of carbonyl (C=O) groups is 2. The number of hydrogen-bond acceptors (Lipinski definition) is 6. The summed E-state index contributed by atoms with van der Waals surface area (Å²) in [6.07, 6.45) is 4.90. The third-order valence-electron chi connectivity index (χ3n) is 3.64. The van der Waals surface area contributed by atoms with Crippen LogP contribution in [0, 0.1) is 0 Å². The van der Waals surface area contributed by atoms with Gasteiger partial charge in [0.2, 0.25) is 0 Å². The first kappa shape index (κ1) is 20.8. The first-order valence-corrected chi connectivity index (χ1v) is 10.8. The van der Waals surface area contributed by atoms with Gasteiger partial charge in [0.15, 0.2) is 0 Å². The molecular weight excluding hydrogens is 390 g/mol. The Morgan fingerprint density at radius 2 is 2.27 bits per heavy atom. The van der Waals surface area contributed by atoms with Gasteiger partial charge >= 0.3 is 5.97 Å². The Hall–Kier alpha value is -1.51. The molecule has 1 N–H and O–H groups in total. The lowest BCUT2D eigenvalue weighted by Gasteiger charge is -2.22. The van der Waals surface area contributed by atoms with Crippen LogP contribution in [0.1, 0.15) is 25.3 Å². The predicted octanol–water partition coefficient (Wildman–Crippen LogP) is 3.88. The molecule has 140 valence electrons. The van der Waals surface area contributed by atoms with Gasteiger partial charge in [-0.15, -0.1) is 0 Å². The molecule has 0 saturated carbocycles. The lowest BCUT2D eigenvalue weighted by Crippen LogP contribution is -2.44. The molecule has 0 radical (unpaired) electrons. The largest absolute Gasteiger partial charge is 0.494 e. The van der Waals surface area contributed by atoms with Crippen molar-refractivity contribution in [1.29, 1.82) is 0 Å². The van der Waals surface area contributed by atoms with Crippen molar-refractivity contribution < 1.29 is 19.4 Å². The molecule has 26 heavy (non-hydrogen) atoms. The molecule has 1 atom stereocenters. The van der Waals surface area contributed by atoms with Crippen molar-refractivity contribution in [2.45, 2.75) is 25.8 Å². The van der Waals surface area contributed by atoms with E-state index in [0.717, 1.165) is 29.5 Å². The molecule has 0 aromatic heterocycles. The highest BCUT2D eigenvalue weighted by Crippen LogP contribution is 2.35. The number of carboxylic acid groups (broad SMARTS) is 1. The van der Waals surface area contributed by atoms with E-state index in [1.807, 2.05) is 37.4 Å². The SMILES string of the molecule is CCCOc1cccc(/C=C2/SC(=S)N([C@H](CCSC)C(=O)O)C2=O)c1. The second kappa shape index (κ2) is 9.99. The average Bonchev–Trinajstić information content (AvgIpc) is 2.88. The van der Waals surface area contributed by atoms with Crippen LogP contribution in [0.2, 0.25) is 0 Å². The summed E-state index contributed by atoms with van der Waals surface area (Å²) in [6, 6.07) is 6.51. The molecule has 1 aliphatic heterocycles. The Kier molecular flexibility index (Phi) is 7.99. The number of nitrogens with zero attached hydrogens (tertiary/aromatic N) is 1. The molecule has 1 aromatic rings. The lowest BCUT2D eigenvalue weighted by atomic mass is 10.1. The molecule has 1 saturated heterocycles. The summed E-state index contributed by atoms with van der Waals surface area (Å²) in [5.74, 6) is -0.0106. The van der Waals surface area contributed by atoms with Gasteiger partial charge in [-0.1, -0.05) is 43.0 Å². The first-order chi connectivity index (χ1) is 12.5. The molecule has 1 heterocycles. The number of benzene rings is 1. The molecule has 5 nitrogen and oxygen atoms in total. The van der Waals surface area contributed by atoms with E-state index >= 15 is 0 Å². The van der Waals surface area contributed by atoms with E-state index in [9.17, 15) is 14.7 Å². The molecule has 0 unspecified atom stereocenters. The normalized spacial score (nSPS) is 17.0. The highest BCUT2D eigenvalue weighted by atomic mass is 32.2.